The molecule has 8 nitrogen and oxygen atoms in total. The van der Waals surface area contributed by atoms with Crippen LogP contribution in [0.25, 0.3) is 11.1 Å². The number of pyridine rings is 1. The zero-order valence-corrected chi connectivity index (χ0v) is 21.8. The van der Waals surface area contributed by atoms with Gasteiger partial charge in [0.2, 0.25) is 5.88 Å². The largest absolute Gasteiger partial charge is 0.593 e. The molecule has 9 heteroatoms. The fourth-order valence-electron chi connectivity index (χ4n) is 4.47. The van der Waals surface area contributed by atoms with Crippen molar-refractivity contribution in [2.45, 2.75) is 50.6 Å². The van der Waals surface area contributed by atoms with Gasteiger partial charge in [-0.25, -0.2) is 4.98 Å². The molecule has 3 aromatic rings. The third kappa shape index (κ3) is 5.69. The Bertz CT molecular complexity index is 1290. The van der Waals surface area contributed by atoms with E-state index in [4.69, 9.17) is 14.2 Å². The van der Waals surface area contributed by atoms with Crippen LogP contribution in [0.5, 0.6) is 17.4 Å². The first-order valence-corrected chi connectivity index (χ1v) is 13.4. The highest BCUT2D eigenvalue weighted by Gasteiger charge is 2.37. The number of carbonyl (C=O) groups is 1. The average molecular weight is 523 g/mol. The summed E-state index contributed by atoms with van der Waals surface area (Å²) in [7, 11) is 0. The number of para-hydroxylation sites is 1. The molecule has 2 N–H and O–H groups in total. The number of hydrogen-bond acceptors (Lipinski definition) is 7. The molecule has 3 heterocycles. The molecule has 0 aliphatic carbocycles. The molecule has 0 spiro atoms. The molecule has 0 saturated carbocycles. The number of rotatable bonds is 8. The van der Waals surface area contributed by atoms with Crippen LogP contribution < -0.4 is 18.9 Å². The number of nitrogens with one attached hydrogen (secondary N) is 1. The smallest absolute Gasteiger partial charge is 0.266 e. The van der Waals surface area contributed by atoms with Crippen LogP contribution in [0.1, 0.15) is 54.9 Å². The van der Waals surface area contributed by atoms with Crippen LogP contribution in [0, 0.1) is 6.92 Å². The van der Waals surface area contributed by atoms with Crippen LogP contribution >= 0.6 is 0 Å². The number of benzene rings is 2. The summed E-state index contributed by atoms with van der Waals surface area (Å²) < 4.78 is 32.6. The second-order valence-corrected chi connectivity index (χ2v) is 11.3. The Hall–Kier alpha value is -3.27. The number of ether oxygens (including phenoxy) is 3. The molecule has 2 aromatic carbocycles. The van der Waals surface area contributed by atoms with Gasteiger partial charge < -0.3 is 23.9 Å². The van der Waals surface area contributed by atoms with E-state index in [-0.39, 0.29) is 23.7 Å². The number of aryl methyl sites for hydroxylation is 1. The Morgan fingerprint density at radius 2 is 1.95 bits per heavy atom. The van der Waals surface area contributed by atoms with Gasteiger partial charge in [-0.2, -0.15) is 4.72 Å². The molecule has 0 bridgehead atoms. The predicted molar refractivity (Wildman–Crippen MR) is 140 cm³/mol. The first-order valence-electron chi connectivity index (χ1n) is 12.2. The van der Waals surface area contributed by atoms with Crippen LogP contribution in [-0.2, 0) is 16.2 Å². The minimum Gasteiger partial charge on any atom is -0.593 e. The first kappa shape index (κ1) is 25.4. The molecule has 3 atom stereocenters. The van der Waals surface area contributed by atoms with Gasteiger partial charge in [0.1, 0.15) is 18.1 Å². The summed E-state index contributed by atoms with van der Waals surface area (Å²) in [6.45, 7) is 6.19. The van der Waals surface area contributed by atoms with Crippen molar-refractivity contribution in [3.8, 4) is 28.5 Å². The third-order valence-corrected chi connectivity index (χ3v) is 7.84. The van der Waals surface area contributed by atoms with E-state index in [1.54, 1.807) is 13.8 Å². The molecule has 37 heavy (non-hydrogen) atoms. The lowest BCUT2D eigenvalue weighted by molar-refractivity contribution is -0.118. The topological polar surface area (TPSA) is 113 Å². The van der Waals surface area contributed by atoms with Crippen LogP contribution in [0.15, 0.2) is 54.6 Å². The molecule has 1 aromatic heterocycles. The van der Waals surface area contributed by atoms with Crippen molar-refractivity contribution >= 4 is 17.3 Å². The Morgan fingerprint density at radius 1 is 1.16 bits per heavy atom. The standard InChI is InChI=1S/C28H30N2O6S/c1-17-20(11-12-26(29-17)34-14-13-28(2,3)32)21-5-4-6-22-23(16-35-27(21)22)36-19-9-7-18(8-10-19)24-15-25(31)30-37(24)33/h4-12,23-24,32H,13-16H2,1-3H3,(H,30,31)/t23-,24?,37?/m1/s1. The average Bonchev–Trinajstić information content (AvgIpc) is 3.41. The monoisotopic (exact) mass is 522 g/mol. The van der Waals surface area contributed by atoms with E-state index in [2.05, 4.69) is 9.71 Å². The van der Waals surface area contributed by atoms with Gasteiger partial charge in [0.05, 0.1) is 30.0 Å². The number of carbonyl (C=O) groups excluding carboxylic acids is 1. The summed E-state index contributed by atoms with van der Waals surface area (Å²) >= 11 is -1.40. The fraction of sp³-hybridized carbons (Fsp3) is 0.357. The van der Waals surface area contributed by atoms with Crippen molar-refractivity contribution in [1.82, 2.24) is 9.71 Å². The number of aliphatic hydroxyl groups is 1. The zero-order chi connectivity index (χ0) is 26.2. The van der Waals surface area contributed by atoms with Gasteiger partial charge in [-0.05, 0) is 39.0 Å². The Kier molecular flexibility index (Phi) is 7.02. The lowest BCUT2D eigenvalue weighted by Crippen LogP contribution is -2.22. The van der Waals surface area contributed by atoms with Crippen LogP contribution in [0.2, 0.25) is 0 Å². The summed E-state index contributed by atoms with van der Waals surface area (Å²) in [5.41, 5.74) is 3.71. The number of fused-ring (bicyclic) bond motifs is 1. The maximum absolute atomic E-state index is 12.1. The van der Waals surface area contributed by atoms with Gasteiger partial charge in [-0.3, -0.25) is 4.79 Å². The van der Waals surface area contributed by atoms with E-state index >= 15 is 0 Å². The fourth-order valence-corrected chi connectivity index (χ4v) is 5.63. The summed E-state index contributed by atoms with van der Waals surface area (Å²) in [6.07, 6.45) is 0.459. The van der Waals surface area contributed by atoms with E-state index in [9.17, 15) is 14.5 Å². The zero-order valence-electron chi connectivity index (χ0n) is 21.0. The van der Waals surface area contributed by atoms with E-state index in [1.807, 2.05) is 61.5 Å². The lowest BCUT2D eigenvalue weighted by atomic mass is 9.99. The van der Waals surface area contributed by atoms with Gasteiger partial charge >= 0.3 is 0 Å². The second-order valence-electron chi connectivity index (χ2n) is 9.92. The molecule has 2 aliphatic rings. The molecule has 0 radical (unpaired) electrons. The Balaban J connectivity index is 1.29. The molecule has 2 unspecified atom stereocenters. The molecule has 5 rings (SSSR count). The molecule has 1 saturated heterocycles. The Labute approximate surface area is 219 Å². The minimum absolute atomic E-state index is 0.197. The highest BCUT2D eigenvalue weighted by molar-refractivity contribution is 7.90. The number of amides is 1. The number of nitrogens with zero attached hydrogens (tertiary/aromatic N) is 1. The lowest BCUT2D eigenvalue weighted by Gasteiger charge is -2.17. The number of aromatic nitrogens is 1. The van der Waals surface area contributed by atoms with Crippen molar-refractivity contribution in [2.24, 2.45) is 0 Å². The van der Waals surface area contributed by atoms with Crippen molar-refractivity contribution in [3.05, 3.63) is 71.4 Å². The maximum atomic E-state index is 12.1. The van der Waals surface area contributed by atoms with Gasteiger partial charge in [-0.15, -0.1) is 0 Å². The SMILES string of the molecule is Cc1nc(OCCC(C)(C)O)ccc1-c1cccc2c1OC[C@H]2Oc1ccc(C2CC(=O)N[S+]2[O-])cc1. The van der Waals surface area contributed by atoms with Crippen LogP contribution in [0.4, 0.5) is 0 Å². The first-order chi connectivity index (χ1) is 17.7. The highest BCUT2D eigenvalue weighted by Crippen LogP contribution is 2.43. The normalized spacial score (nSPS) is 20.8. The van der Waals surface area contributed by atoms with E-state index < -0.39 is 17.0 Å². The van der Waals surface area contributed by atoms with Crippen molar-refractivity contribution in [3.63, 3.8) is 0 Å². The maximum Gasteiger partial charge on any atom is 0.266 e. The van der Waals surface area contributed by atoms with Crippen LogP contribution in [-0.4, -0.2) is 39.4 Å². The predicted octanol–water partition coefficient (Wildman–Crippen LogP) is 4.33. The van der Waals surface area contributed by atoms with Gasteiger partial charge in [0, 0.05) is 40.4 Å². The summed E-state index contributed by atoms with van der Waals surface area (Å²) in [6, 6.07) is 17.2. The summed E-state index contributed by atoms with van der Waals surface area (Å²) in [5, 5.41) is 9.54. The van der Waals surface area contributed by atoms with Crippen molar-refractivity contribution in [2.75, 3.05) is 13.2 Å². The molecule has 1 amide bonds. The van der Waals surface area contributed by atoms with Crippen molar-refractivity contribution in [1.29, 1.82) is 0 Å². The van der Waals surface area contributed by atoms with E-state index in [0.717, 1.165) is 33.7 Å². The van der Waals surface area contributed by atoms with Gasteiger partial charge in [0.25, 0.3) is 5.91 Å². The van der Waals surface area contributed by atoms with E-state index in [0.29, 0.717) is 31.3 Å². The van der Waals surface area contributed by atoms with E-state index in [1.165, 1.54) is 0 Å². The minimum atomic E-state index is -1.40. The number of hydrogen-bond donors (Lipinski definition) is 2. The Morgan fingerprint density at radius 3 is 2.62 bits per heavy atom. The molecule has 2 aliphatic heterocycles. The molecule has 194 valence electrons. The molecular formula is C28H30N2O6S. The second kappa shape index (κ2) is 10.2. The highest BCUT2D eigenvalue weighted by atomic mass is 32.2. The quantitative estimate of drug-likeness (QED) is 0.423. The van der Waals surface area contributed by atoms with Gasteiger partial charge in [-0.1, -0.05) is 30.3 Å². The third-order valence-electron chi connectivity index (χ3n) is 6.46. The van der Waals surface area contributed by atoms with Gasteiger partial charge in [0.15, 0.2) is 11.4 Å². The molecule has 1 fully saturated rings. The van der Waals surface area contributed by atoms with Crippen molar-refractivity contribution < 1.29 is 28.7 Å². The molecular weight excluding hydrogens is 492 g/mol. The summed E-state index contributed by atoms with van der Waals surface area (Å²) in [5.74, 6) is 1.77. The summed E-state index contributed by atoms with van der Waals surface area (Å²) in [4.78, 5) is 16.1. The van der Waals surface area contributed by atoms with Crippen LogP contribution in [0.3, 0.4) is 0 Å².